The molecule has 7 heteroatoms. The summed E-state index contributed by atoms with van der Waals surface area (Å²) in [7, 11) is 1.19. The highest BCUT2D eigenvalue weighted by atomic mass is 32.2. The van der Waals surface area contributed by atoms with Crippen LogP contribution in [0.4, 0.5) is 13.2 Å². The van der Waals surface area contributed by atoms with Gasteiger partial charge in [-0.1, -0.05) is 12.1 Å². The Bertz CT molecular complexity index is 656. The highest BCUT2D eigenvalue weighted by Gasteiger charge is 2.38. The molecule has 20 heavy (non-hydrogen) atoms. The van der Waals surface area contributed by atoms with Gasteiger partial charge >= 0.3 is 6.18 Å². The zero-order valence-corrected chi connectivity index (χ0v) is 11.7. The number of halogens is 3. The van der Waals surface area contributed by atoms with Crippen LogP contribution >= 0.6 is 11.8 Å². The molecule has 0 saturated heterocycles. The number of nitrogens with one attached hydrogen (secondary N) is 1. The van der Waals surface area contributed by atoms with E-state index < -0.39 is 17.4 Å². The highest BCUT2D eigenvalue weighted by molar-refractivity contribution is 7.98. The van der Waals surface area contributed by atoms with E-state index in [0.717, 1.165) is 9.58 Å². The largest absolute Gasteiger partial charge is 0.433 e. The number of rotatable bonds is 3. The standard InChI is InChI=1S/C13H13F3N2OS/c1-18-11(13(14,15)16)10(12(19)17-18)7-8-3-5-9(20-2)6-4-8/h3-6H,7H2,1-2H3,(H,17,19). The Balaban J connectivity index is 2.40. The van der Waals surface area contributed by atoms with Gasteiger partial charge in [-0.25, -0.2) is 0 Å². The molecule has 1 heterocycles. The molecule has 0 radical (unpaired) electrons. The van der Waals surface area contributed by atoms with Crippen LogP contribution < -0.4 is 5.56 Å². The normalized spacial score (nSPS) is 11.8. The van der Waals surface area contributed by atoms with E-state index in [2.05, 4.69) is 5.10 Å². The van der Waals surface area contributed by atoms with Crippen molar-refractivity contribution < 1.29 is 13.2 Å². The van der Waals surface area contributed by atoms with Crippen LogP contribution in [0.5, 0.6) is 0 Å². The minimum atomic E-state index is -4.55. The fraction of sp³-hybridized carbons (Fsp3) is 0.308. The first-order valence-electron chi connectivity index (χ1n) is 5.81. The van der Waals surface area contributed by atoms with Crippen molar-refractivity contribution in [2.45, 2.75) is 17.5 Å². The topological polar surface area (TPSA) is 37.8 Å². The van der Waals surface area contributed by atoms with E-state index >= 15 is 0 Å². The summed E-state index contributed by atoms with van der Waals surface area (Å²) in [6.07, 6.45) is -2.68. The molecule has 0 spiro atoms. The summed E-state index contributed by atoms with van der Waals surface area (Å²) in [5, 5.41) is 2.16. The van der Waals surface area contributed by atoms with Crippen molar-refractivity contribution in [3.05, 3.63) is 51.4 Å². The lowest BCUT2D eigenvalue weighted by molar-refractivity contribution is -0.144. The third-order valence-corrected chi connectivity index (χ3v) is 3.72. The van der Waals surface area contributed by atoms with E-state index in [9.17, 15) is 18.0 Å². The van der Waals surface area contributed by atoms with Gasteiger partial charge in [-0.2, -0.15) is 13.2 Å². The SMILES string of the molecule is CSc1ccc(Cc2c(C(F)(F)F)n(C)[nH]c2=O)cc1. The average molecular weight is 302 g/mol. The number of aromatic nitrogens is 2. The van der Waals surface area contributed by atoms with Crippen LogP contribution in [0.1, 0.15) is 16.8 Å². The van der Waals surface area contributed by atoms with Crippen molar-refractivity contribution in [3.63, 3.8) is 0 Å². The molecule has 1 aromatic heterocycles. The van der Waals surface area contributed by atoms with E-state index in [1.54, 1.807) is 23.9 Å². The molecule has 108 valence electrons. The van der Waals surface area contributed by atoms with Gasteiger partial charge in [0.2, 0.25) is 0 Å². The average Bonchev–Trinajstić information content (AvgIpc) is 2.64. The molecule has 3 nitrogen and oxygen atoms in total. The van der Waals surface area contributed by atoms with Gasteiger partial charge in [0.25, 0.3) is 5.56 Å². The van der Waals surface area contributed by atoms with Gasteiger partial charge in [-0.15, -0.1) is 11.8 Å². The van der Waals surface area contributed by atoms with E-state index in [1.807, 2.05) is 18.4 Å². The molecular weight excluding hydrogens is 289 g/mol. The Morgan fingerprint density at radius 2 is 1.85 bits per heavy atom. The van der Waals surface area contributed by atoms with E-state index in [0.29, 0.717) is 5.56 Å². The number of benzene rings is 1. The smallest absolute Gasteiger partial charge is 0.283 e. The number of aromatic amines is 1. The summed E-state index contributed by atoms with van der Waals surface area (Å²) in [4.78, 5) is 12.7. The van der Waals surface area contributed by atoms with Gasteiger partial charge < -0.3 is 0 Å². The van der Waals surface area contributed by atoms with Gasteiger partial charge in [0, 0.05) is 18.4 Å². The van der Waals surface area contributed by atoms with Gasteiger partial charge in [-0.3, -0.25) is 14.6 Å². The number of alkyl halides is 3. The van der Waals surface area contributed by atoms with Crippen molar-refractivity contribution in [1.29, 1.82) is 0 Å². The molecule has 0 aliphatic heterocycles. The zero-order valence-electron chi connectivity index (χ0n) is 10.9. The predicted molar refractivity (Wildman–Crippen MR) is 72.1 cm³/mol. The summed E-state index contributed by atoms with van der Waals surface area (Å²) in [6.45, 7) is 0. The van der Waals surface area contributed by atoms with Crippen LogP contribution in [0.25, 0.3) is 0 Å². The Hall–Kier alpha value is -1.63. The maximum atomic E-state index is 13.0. The Morgan fingerprint density at radius 3 is 2.35 bits per heavy atom. The molecule has 0 saturated carbocycles. The van der Waals surface area contributed by atoms with Crippen LogP contribution in [0, 0.1) is 0 Å². The first kappa shape index (κ1) is 14.8. The maximum Gasteiger partial charge on any atom is 0.433 e. The lowest BCUT2D eigenvalue weighted by Crippen LogP contribution is -2.15. The second-order valence-electron chi connectivity index (χ2n) is 4.35. The molecule has 0 bridgehead atoms. The molecule has 1 N–H and O–H groups in total. The summed E-state index contributed by atoms with van der Waals surface area (Å²) < 4.78 is 39.6. The van der Waals surface area contributed by atoms with E-state index in [-0.39, 0.29) is 12.0 Å². The molecule has 0 unspecified atom stereocenters. The zero-order chi connectivity index (χ0) is 14.9. The first-order chi connectivity index (χ1) is 9.32. The lowest BCUT2D eigenvalue weighted by Gasteiger charge is -2.09. The number of hydrogen-bond acceptors (Lipinski definition) is 2. The molecule has 2 aromatic rings. The fourth-order valence-corrected chi connectivity index (χ4v) is 2.47. The second-order valence-corrected chi connectivity index (χ2v) is 5.23. The van der Waals surface area contributed by atoms with Crippen LogP contribution in [0.15, 0.2) is 34.0 Å². The van der Waals surface area contributed by atoms with Crippen molar-refractivity contribution in [2.75, 3.05) is 6.26 Å². The molecule has 1 aromatic carbocycles. The minimum absolute atomic E-state index is 0.0420. The molecular formula is C13H13F3N2OS. The van der Waals surface area contributed by atoms with Crippen molar-refractivity contribution in [2.24, 2.45) is 7.05 Å². The third kappa shape index (κ3) is 2.92. The fourth-order valence-electron chi connectivity index (χ4n) is 2.06. The summed E-state index contributed by atoms with van der Waals surface area (Å²) in [5.74, 6) is 0. The molecule has 0 aliphatic carbocycles. The van der Waals surface area contributed by atoms with Gasteiger partial charge in [0.15, 0.2) is 0 Å². The number of nitrogens with zero attached hydrogens (tertiary/aromatic N) is 1. The van der Waals surface area contributed by atoms with E-state index in [1.165, 1.54) is 7.05 Å². The van der Waals surface area contributed by atoms with Crippen molar-refractivity contribution in [3.8, 4) is 0 Å². The van der Waals surface area contributed by atoms with Gasteiger partial charge in [0.05, 0.1) is 5.56 Å². The molecule has 2 rings (SSSR count). The summed E-state index contributed by atoms with van der Waals surface area (Å²) in [5.41, 5.74) is -1.20. The van der Waals surface area contributed by atoms with Crippen molar-refractivity contribution >= 4 is 11.8 Å². The molecule has 0 amide bonds. The molecule has 0 aliphatic rings. The molecule has 0 fully saturated rings. The summed E-state index contributed by atoms with van der Waals surface area (Å²) >= 11 is 1.55. The second kappa shape index (κ2) is 5.40. The predicted octanol–water partition coefficient (Wildman–Crippen LogP) is 3.04. The van der Waals surface area contributed by atoms with Gasteiger partial charge in [0.1, 0.15) is 5.69 Å². The van der Waals surface area contributed by atoms with Crippen LogP contribution in [0.3, 0.4) is 0 Å². The van der Waals surface area contributed by atoms with Crippen LogP contribution in [-0.4, -0.2) is 16.0 Å². The van der Waals surface area contributed by atoms with Crippen molar-refractivity contribution in [1.82, 2.24) is 9.78 Å². The van der Waals surface area contributed by atoms with Gasteiger partial charge in [-0.05, 0) is 24.0 Å². The maximum absolute atomic E-state index is 13.0. The van der Waals surface area contributed by atoms with Crippen LogP contribution in [0.2, 0.25) is 0 Å². The molecule has 0 atom stereocenters. The third-order valence-electron chi connectivity index (χ3n) is 2.97. The quantitative estimate of drug-likeness (QED) is 0.885. The number of aryl methyl sites for hydroxylation is 1. The Kier molecular flexibility index (Phi) is 3.99. The van der Waals surface area contributed by atoms with Crippen LogP contribution in [-0.2, 0) is 19.6 Å². The number of thioether (sulfide) groups is 1. The minimum Gasteiger partial charge on any atom is -0.283 e. The number of H-pyrrole nitrogens is 1. The monoisotopic (exact) mass is 302 g/mol. The Morgan fingerprint density at radius 1 is 1.25 bits per heavy atom. The highest BCUT2D eigenvalue weighted by Crippen LogP contribution is 2.31. The van der Waals surface area contributed by atoms with E-state index in [4.69, 9.17) is 0 Å². The first-order valence-corrected chi connectivity index (χ1v) is 7.03. The lowest BCUT2D eigenvalue weighted by atomic mass is 10.1. The summed E-state index contributed by atoms with van der Waals surface area (Å²) in [6, 6.07) is 7.12. The Labute approximate surface area is 117 Å². The number of hydrogen-bond donors (Lipinski definition) is 1.